The predicted octanol–water partition coefficient (Wildman–Crippen LogP) is 5.49. The third-order valence-electron chi connectivity index (χ3n) is 9.49. The smallest absolute Gasteiger partial charge is 0.249 e. The zero-order valence-electron chi connectivity index (χ0n) is 26.7. The largest absolute Gasteiger partial charge is 0.380 e. The number of sulfone groups is 1. The first-order valence-corrected chi connectivity index (χ1v) is 18.2. The topological polar surface area (TPSA) is 109 Å². The quantitative estimate of drug-likeness (QED) is 0.240. The Balaban J connectivity index is 1.34. The molecule has 1 aliphatic carbocycles. The lowest BCUT2D eigenvalue weighted by Gasteiger charge is -2.44. The Morgan fingerprint density at radius 2 is 1.66 bits per heavy atom. The molecule has 0 amide bonds. The molecule has 1 saturated heterocycles. The molecular formula is C37H39N5O4S. The highest BCUT2D eigenvalue weighted by Gasteiger charge is 2.45. The number of anilines is 2. The third-order valence-corrected chi connectivity index (χ3v) is 10.3. The summed E-state index contributed by atoms with van der Waals surface area (Å²) < 4.78 is 38.3. The van der Waals surface area contributed by atoms with E-state index in [4.69, 9.17) is 9.47 Å². The van der Waals surface area contributed by atoms with Crippen molar-refractivity contribution in [2.24, 2.45) is 0 Å². The summed E-state index contributed by atoms with van der Waals surface area (Å²) in [6.07, 6.45) is 4.79. The highest BCUT2D eigenvalue weighted by atomic mass is 32.2. The van der Waals surface area contributed by atoms with Crippen LogP contribution in [0.25, 0.3) is 0 Å². The van der Waals surface area contributed by atoms with Crippen LogP contribution in [-0.2, 0) is 57.5 Å². The molecule has 10 heteroatoms. The molecule has 3 aliphatic rings. The molecule has 47 heavy (non-hydrogen) atoms. The van der Waals surface area contributed by atoms with E-state index in [1.165, 1.54) is 0 Å². The molecule has 1 spiro atoms. The van der Waals surface area contributed by atoms with Crippen molar-refractivity contribution in [1.29, 1.82) is 5.26 Å². The van der Waals surface area contributed by atoms with E-state index in [2.05, 4.69) is 62.2 Å². The number of hydrogen-bond donors (Lipinski definition) is 0. The zero-order chi connectivity index (χ0) is 32.4. The van der Waals surface area contributed by atoms with E-state index in [1.807, 2.05) is 36.4 Å². The fourth-order valence-electron chi connectivity index (χ4n) is 7.29. The van der Waals surface area contributed by atoms with Gasteiger partial charge in [0.25, 0.3) is 0 Å². The van der Waals surface area contributed by atoms with Crippen LogP contribution in [0.3, 0.4) is 0 Å². The summed E-state index contributed by atoms with van der Waals surface area (Å²) in [4.78, 5) is 13.6. The van der Waals surface area contributed by atoms with Crippen LogP contribution in [0.15, 0.2) is 78.0 Å². The minimum absolute atomic E-state index is 0.171. The molecule has 4 aromatic rings. The molecule has 1 atom stereocenters. The minimum atomic E-state index is -3.68. The molecule has 0 radical (unpaired) electrons. The van der Waals surface area contributed by atoms with Gasteiger partial charge < -0.3 is 19.3 Å². The molecule has 7 rings (SSSR count). The number of ether oxygens (including phenoxy) is 2. The lowest BCUT2D eigenvalue weighted by Crippen LogP contribution is -2.42. The van der Waals surface area contributed by atoms with Gasteiger partial charge in [0.05, 0.1) is 30.2 Å². The summed E-state index contributed by atoms with van der Waals surface area (Å²) in [5.74, 6) is 0.609. The van der Waals surface area contributed by atoms with Gasteiger partial charge in [0.15, 0.2) is 0 Å². The Kier molecular flexibility index (Phi) is 8.71. The maximum absolute atomic E-state index is 12.9. The first-order valence-electron chi connectivity index (χ1n) is 16.3. The second kappa shape index (κ2) is 13.1. The maximum atomic E-state index is 12.9. The van der Waals surface area contributed by atoms with Crippen LogP contribution in [0.1, 0.15) is 58.3 Å². The Hall–Kier alpha value is -4.30. The second-order valence-electron chi connectivity index (χ2n) is 12.7. The van der Waals surface area contributed by atoms with Crippen LogP contribution in [0, 0.1) is 11.3 Å². The molecule has 3 heterocycles. The van der Waals surface area contributed by atoms with E-state index in [9.17, 15) is 13.7 Å². The molecule has 0 N–H and O–H groups in total. The van der Waals surface area contributed by atoms with Gasteiger partial charge in [0.2, 0.25) is 15.0 Å². The van der Waals surface area contributed by atoms with Crippen LogP contribution < -0.4 is 9.80 Å². The number of hydrogen-bond acceptors (Lipinski definition) is 9. The highest BCUT2D eigenvalue weighted by Crippen LogP contribution is 2.49. The predicted molar refractivity (Wildman–Crippen MR) is 180 cm³/mol. The SMILES string of the molecule is CS(=O)(=O)c1nc2c(c(N3CCCOCC3)n1)COC1(CCCc3ccc(N(Cc4ccccc4)Cc4ccccc4)c(C#N)c31)C2. The molecule has 1 unspecified atom stereocenters. The number of aromatic nitrogens is 2. The number of nitriles is 1. The van der Waals surface area contributed by atoms with E-state index in [1.54, 1.807) is 0 Å². The normalized spacial score (nSPS) is 19.4. The summed E-state index contributed by atoms with van der Waals surface area (Å²) in [5.41, 5.74) is 6.47. The number of rotatable bonds is 7. The van der Waals surface area contributed by atoms with Gasteiger partial charge in [-0.2, -0.15) is 5.26 Å². The monoisotopic (exact) mass is 649 g/mol. The standard InChI is InChI=1S/C37H39N5O4S/c1-47(43,44)36-39-32-22-37(46-26-31(32)35(40-36)41-18-9-20-45-21-19-41)17-8-14-29-15-16-33(30(23-38)34(29)37)42(24-27-10-4-2-5-11-27)25-28-12-6-3-7-13-28/h2-7,10-13,15-16H,8-9,14,17-22,24-26H2,1H3. The fraction of sp³-hybridized carbons (Fsp3) is 0.378. The van der Waals surface area contributed by atoms with Gasteiger partial charge >= 0.3 is 0 Å². The van der Waals surface area contributed by atoms with Gasteiger partial charge in [-0.15, -0.1) is 0 Å². The van der Waals surface area contributed by atoms with E-state index in [0.717, 1.165) is 59.0 Å². The Bertz CT molecular complexity index is 1860. The average Bonchev–Trinajstić information content (AvgIpc) is 3.37. The number of nitrogens with zero attached hydrogens (tertiary/aromatic N) is 5. The van der Waals surface area contributed by atoms with E-state index < -0.39 is 15.4 Å². The van der Waals surface area contributed by atoms with Gasteiger partial charge in [-0.25, -0.2) is 18.4 Å². The van der Waals surface area contributed by atoms with Crippen molar-refractivity contribution in [3.8, 4) is 6.07 Å². The second-order valence-corrected chi connectivity index (χ2v) is 14.6. The first kappa shape index (κ1) is 31.3. The lowest BCUT2D eigenvalue weighted by atomic mass is 9.72. The molecule has 9 nitrogen and oxygen atoms in total. The highest BCUT2D eigenvalue weighted by molar-refractivity contribution is 7.90. The van der Waals surface area contributed by atoms with Gasteiger partial charge in [0.1, 0.15) is 17.5 Å². The Labute approximate surface area is 276 Å². The van der Waals surface area contributed by atoms with Crippen molar-refractivity contribution >= 4 is 21.3 Å². The van der Waals surface area contributed by atoms with Crippen molar-refractivity contribution in [3.63, 3.8) is 0 Å². The maximum Gasteiger partial charge on any atom is 0.249 e. The molecule has 0 bridgehead atoms. The van der Waals surface area contributed by atoms with Crippen molar-refractivity contribution < 1.29 is 17.9 Å². The first-order chi connectivity index (χ1) is 22.8. The Morgan fingerprint density at radius 1 is 0.936 bits per heavy atom. The third kappa shape index (κ3) is 6.35. The minimum Gasteiger partial charge on any atom is -0.380 e. The molecule has 1 fully saturated rings. The van der Waals surface area contributed by atoms with E-state index in [0.29, 0.717) is 69.3 Å². The van der Waals surface area contributed by atoms with Crippen molar-refractivity contribution in [1.82, 2.24) is 9.97 Å². The van der Waals surface area contributed by atoms with Crippen molar-refractivity contribution in [3.05, 3.63) is 112 Å². The average molecular weight is 650 g/mol. The van der Waals surface area contributed by atoms with Crippen LogP contribution in [0.4, 0.5) is 11.5 Å². The molecule has 242 valence electrons. The number of benzene rings is 3. The van der Waals surface area contributed by atoms with Gasteiger partial charge in [-0.1, -0.05) is 66.7 Å². The molecule has 3 aromatic carbocycles. The Morgan fingerprint density at radius 3 is 2.34 bits per heavy atom. The molecular weight excluding hydrogens is 611 g/mol. The van der Waals surface area contributed by atoms with Gasteiger partial charge in [-0.05, 0) is 48.4 Å². The van der Waals surface area contributed by atoms with Crippen LogP contribution in [0.2, 0.25) is 0 Å². The lowest BCUT2D eigenvalue weighted by molar-refractivity contribution is -0.0857. The summed E-state index contributed by atoms with van der Waals surface area (Å²) >= 11 is 0. The van der Waals surface area contributed by atoms with Crippen LogP contribution in [-0.4, -0.2) is 50.9 Å². The van der Waals surface area contributed by atoms with Crippen molar-refractivity contribution in [2.75, 3.05) is 42.4 Å². The summed E-state index contributed by atoms with van der Waals surface area (Å²) in [6.45, 7) is 4.02. The van der Waals surface area contributed by atoms with Crippen LogP contribution in [0.5, 0.6) is 0 Å². The van der Waals surface area contributed by atoms with E-state index in [-0.39, 0.29) is 11.8 Å². The van der Waals surface area contributed by atoms with E-state index >= 15 is 0 Å². The fourth-order valence-corrected chi connectivity index (χ4v) is 7.82. The summed E-state index contributed by atoms with van der Waals surface area (Å²) in [5, 5.41) is 10.7. The molecule has 2 aliphatic heterocycles. The summed E-state index contributed by atoms with van der Waals surface area (Å²) in [6, 6.07) is 27.5. The van der Waals surface area contributed by atoms with Crippen molar-refractivity contribution in [2.45, 2.75) is 62.6 Å². The zero-order valence-corrected chi connectivity index (χ0v) is 27.5. The van der Waals surface area contributed by atoms with Gasteiger partial charge in [0, 0.05) is 56.6 Å². The molecule has 0 saturated carbocycles. The number of aryl methyl sites for hydroxylation is 1. The molecule has 1 aromatic heterocycles. The van der Waals surface area contributed by atoms with Crippen LogP contribution >= 0.6 is 0 Å². The summed E-state index contributed by atoms with van der Waals surface area (Å²) in [7, 11) is -3.68. The number of fused-ring (bicyclic) bond motifs is 3. The van der Waals surface area contributed by atoms with Gasteiger partial charge in [-0.3, -0.25) is 0 Å².